The van der Waals surface area contributed by atoms with E-state index < -0.39 is 10.0 Å². The molecule has 0 spiro atoms. The second kappa shape index (κ2) is 5.60. The van der Waals surface area contributed by atoms with Crippen LogP contribution < -0.4 is 5.32 Å². The van der Waals surface area contributed by atoms with Crippen molar-refractivity contribution in [2.24, 2.45) is 0 Å². The van der Waals surface area contributed by atoms with E-state index in [4.69, 9.17) is 0 Å². The zero-order valence-corrected chi connectivity index (χ0v) is 13.5. The van der Waals surface area contributed by atoms with Crippen LogP contribution in [0.15, 0.2) is 16.3 Å². The van der Waals surface area contributed by atoms with E-state index in [1.165, 1.54) is 22.8 Å². The van der Waals surface area contributed by atoms with Crippen molar-refractivity contribution in [3.05, 3.63) is 16.3 Å². The van der Waals surface area contributed by atoms with Gasteiger partial charge >= 0.3 is 0 Å². The van der Waals surface area contributed by atoms with E-state index in [1.807, 2.05) is 20.8 Å². The summed E-state index contributed by atoms with van der Waals surface area (Å²) < 4.78 is 25.4. The highest BCUT2D eigenvalue weighted by atomic mass is 32.2. The molecule has 1 amide bonds. The summed E-state index contributed by atoms with van der Waals surface area (Å²) >= 11 is 1.14. The Kier molecular flexibility index (Phi) is 4.76. The van der Waals surface area contributed by atoms with Crippen LogP contribution in [0.2, 0.25) is 0 Å². The van der Waals surface area contributed by atoms with Crippen LogP contribution in [-0.2, 0) is 10.0 Å². The lowest BCUT2D eigenvalue weighted by molar-refractivity contribution is 0.0923. The molecular formula is C12H20N2O3S2. The van der Waals surface area contributed by atoms with E-state index in [2.05, 4.69) is 5.32 Å². The maximum Gasteiger partial charge on any atom is 0.261 e. The summed E-state index contributed by atoms with van der Waals surface area (Å²) in [5.41, 5.74) is -0.347. The van der Waals surface area contributed by atoms with Crippen molar-refractivity contribution in [1.82, 2.24) is 9.62 Å². The minimum atomic E-state index is -3.48. The zero-order chi connectivity index (χ0) is 14.8. The predicted molar refractivity (Wildman–Crippen MR) is 77.0 cm³/mol. The summed E-state index contributed by atoms with van der Waals surface area (Å²) in [6.45, 7) is 7.78. The smallest absolute Gasteiger partial charge is 0.261 e. The minimum absolute atomic E-state index is 0.168. The van der Waals surface area contributed by atoms with Gasteiger partial charge in [-0.15, -0.1) is 11.3 Å². The minimum Gasteiger partial charge on any atom is -0.347 e. The number of rotatable bonds is 4. The lowest BCUT2D eigenvalue weighted by atomic mass is 10.1. The summed E-state index contributed by atoms with van der Waals surface area (Å²) in [5.74, 6) is -0.252. The number of thiophene rings is 1. The Bertz CT molecular complexity index is 556. The first-order chi connectivity index (χ1) is 8.58. The predicted octanol–water partition coefficient (Wildman–Crippen LogP) is 1.92. The lowest BCUT2D eigenvalue weighted by Crippen LogP contribution is -2.40. The monoisotopic (exact) mass is 304 g/mol. The molecule has 1 N–H and O–H groups in total. The highest BCUT2D eigenvalue weighted by Crippen LogP contribution is 2.22. The van der Waals surface area contributed by atoms with E-state index in [-0.39, 0.29) is 16.3 Å². The van der Waals surface area contributed by atoms with Gasteiger partial charge in [0.15, 0.2) is 0 Å². The number of carbonyl (C=O) groups is 1. The molecule has 1 aromatic heterocycles. The molecule has 0 aliphatic heterocycles. The number of hydrogen-bond acceptors (Lipinski definition) is 4. The number of carbonyl (C=O) groups excluding carboxylic acids is 1. The molecular weight excluding hydrogens is 284 g/mol. The second-order valence-electron chi connectivity index (χ2n) is 5.27. The van der Waals surface area contributed by atoms with Crippen LogP contribution >= 0.6 is 11.3 Å². The van der Waals surface area contributed by atoms with E-state index in [0.29, 0.717) is 11.4 Å². The molecule has 0 fully saturated rings. The third kappa shape index (κ3) is 4.02. The van der Waals surface area contributed by atoms with Gasteiger partial charge in [-0.1, -0.05) is 6.92 Å². The Hall–Kier alpha value is -0.920. The third-order valence-corrected chi connectivity index (χ3v) is 5.43. The molecule has 0 saturated carbocycles. The molecule has 0 saturated heterocycles. The molecule has 0 bridgehead atoms. The van der Waals surface area contributed by atoms with Gasteiger partial charge in [0.2, 0.25) is 10.0 Å². The van der Waals surface area contributed by atoms with Crippen LogP contribution in [0.3, 0.4) is 0 Å². The fourth-order valence-electron chi connectivity index (χ4n) is 1.33. The first kappa shape index (κ1) is 16.1. The second-order valence-corrected chi connectivity index (χ2v) is 8.23. The van der Waals surface area contributed by atoms with Crippen molar-refractivity contribution in [2.75, 3.05) is 13.6 Å². The van der Waals surface area contributed by atoms with E-state index >= 15 is 0 Å². The van der Waals surface area contributed by atoms with Gasteiger partial charge in [-0.05, 0) is 26.8 Å². The summed E-state index contributed by atoms with van der Waals surface area (Å²) in [4.78, 5) is 12.5. The Morgan fingerprint density at radius 3 is 2.47 bits per heavy atom. The normalized spacial score (nSPS) is 12.7. The number of sulfonamides is 1. The van der Waals surface area contributed by atoms with Gasteiger partial charge in [-0.25, -0.2) is 12.7 Å². The molecule has 0 atom stereocenters. The van der Waals surface area contributed by atoms with Crippen molar-refractivity contribution >= 4 is 27.3 Å². The summed E-state index contributed by atoms with van der Waals surface area (Å²) in [7, 11) is -1.97. The van der Waals surface area contributed by atoms with Crippen LogP contribution in [0.25, 0.3) is 0 Å². The highest BCUT2D eigenvalue weighted by Gasteiger charge is 2.23. The van der Waals surface area contributed by atoms with Crippen molar-refractivity contribution in [3.8, 4) is 0 Å². The molecule has 19 heavy (non-hydrogen) atoms. The van der Waals surface area contributed by atoms with Gasteiger partial charge < -0.3 is 5.32 Å². The number of amides is 1. The Balaban J connectivity index is 2.98. The molecule has 0 unspecified atom stereocenters. The Labute approximate surface area is 118 Å². The lowest BCUT2D eigenvalue weighted by Gasteiger charge is -2.19. The first-order valence-corrected chi connectivity index (χ1v) is 8.27. The van der Waals surface area contributed by atoms with Crippen molar-refractivity contribution in [3.63, 3.8) is 0 Å². The fourth-order valence-corrected chi connectivity index (χ4v) is 3.66. The topological polar surface area (TPSA) is 66.5 Å². The fraction of sp³-hybridized carbons (Fsp3) is 0.583. The Morgan fingerprint density at radius 1 is 1.42 bits per heavy atom. The first-order valence-electron chi connectivity index (χ1n) is 5.95. The van der Waals surface area contributed by atoms with Gasteiger partial charge in [0.1, 0.15) is 0 Å². The summed E-state index contributed by atoms with van der Waals surface area (Å²) in [5, 5.41) is 4.31. The molecule has 0 radical (unpaired) electrons. The van der Waals surface area contributed by atoms with E-state index in [9.17, 15) is 13.2 Å². The molecule has 5 nitrogen and oxygen atoms in total. The van der Waals surface area contributed by atoms with Crippen LogP contribution in [0.4, 0.5) is 0 Å². The van der Waals surface area contributed by atoms with Gasteiger partial charge in [0, 0.05) is 24.5 Å². The van der Waals surface area contributed by atoms with E-state index in [1.54, 1.807) is 6.92 Å². The SMILES string of the molecule is CCN(C)S(=O)(=O)c1csc(C(=O)NC(C)(C)C)c1. The maximum absolute atomic E-state index is 12.1. The number of nitrogens with one attached hydrogen (secondary N) is 1. The summed E-state index contributed by atoms with van der Waals surface area (Å²) in [6, 6.07) is 1.42. The molecule has 0 aliphatic carbocycles. The van der Waals surface area contributed by atoms with Crippen molar-refractivity contribution in [1.29, 1.82) is 0 Å². The average molecular weight is 304 g/mol. The van der Waals surface area contributed by atoms with Gasteiger partial charge in [0.25, 0.3) is 5.91 Å². The molecule has 7 heteroatoms. The molecule has 1 rings (SSSR count). The largest absolute Gasteiger partial charge is 0.347 e. The summed E-state index contributed by atoms with van der Waals surface area (Å²) in [6.07, 6.45) is 0. The molecule has 108 valence electrons. The van der Waals surface area contributed by atoms with Crippen molar-refractivity contribution < 1.29 is 13.2 Å². The van der Waals surface area contributed by atoms with E-state index in [0.717, 1.165) is 11.3 Å². The highest BCUT2D eigenvalue weighted by molar-refractivity contribution is 7.89. The molecule has 0 aromatic carbocycles. The van der Waals surface area contributed by atoms with Gasteiger partial charge in [-0.2, -0.15) is 0 Å². The molecule has 1 aromatic rings. The van der Waals surface area contributed by atoms with Crippen LogP contribution in [-0.4, -0.2) is 37.8 Å². The number of hydrogen-bond donors (Lipinski definition) is 1. The van der Waals surface area contributed by atoms with Gasteiger partial charge in [0.05, 0.1) is 9.77 Å². The van der Waals surface area contributed by atoms with Crippen LogP contribution in [0.1, 0.15) is 37.4 Å². The Morgan fingerprint density at radius 2 is 2.00 bits per heavy atom. The average Bonchev–Trinajstić information content (AvgIpc) is 2.75. The third-order valence-electron chi connectivity index (χ3n) is 2.44. The molecule has 1 heterocycles. The maximum atomic E-state index is 12.1. The molecule has 0 aliphatic rings. The number of nitrogens with zero attached hydrogens (tertiary/aromatic N) is 1. The van der Waals surface area contributed by atoms with Crippen LogP contribution in [0, 0.1) is 0 Å². The zero-order valence-electron chi connectivity index (χ0n) is 11.9. The van der Waals surface area contributed by atoms with Crippen LogP contribution in [0.5, 0.6) is 0 Å². The van der Waals surface area contributed by atoms with Gasteiger partial charge in [-0.3, -0.25) is 4.79 Å². The van der Waals surface area contributed by atoms with Crippen molar-refractivity contribution in [2.45, 2.75) is 38.1 Å². The quantitative estimate of drug-likeness (QED) is 0.924. The standard InChI is InChI=1S/C12H20N2O3S2/c1-6-14(5)19(16,17)9-7-10(18-8-9)11(15)13-12(2,3)4/h7-8H,6H2,1-5H3,(H,13,15).